The van der Waals surface area contributed by atoms with Crippen LogP contribution in [-0.2, 0) is 19.0 Å². The second-order valence-electron chi connectivity index (χ2n) is 8.11. The van der Waals surface area contributed by atoms with Crippen LogP contribution in [0.15, 0.2) is 42.0 Å². The van der Waals surface area contributed by atoms with Crippen LogP contribution in [0, 0.1) is 11.3 Å². The lowest BCUT2D eigenvalue weighted by Crippen LogP contribution is -2.44. The summed E-state index contributed by atoms with van der Waals surface area (Å²) in [5.41, 5.74) is 1.97. The second-order valence-corrected chi connectivity index (χ2v) is 8.11. The molecule has 0 aliphatic carbocycles. The normalized spacial score (nSPS) is 14.9. The summed E-state index contributed by atoms with van der Waals surface area (Å²) in [6.45, 7) is 8.26. The van der Waals surface area contributed by atoms with E-state index < -0.39 is 5.97 Å². The number of rotatable bonds is 11. The second kappa shape index (κ2) is 12.9. The van der Waals surface area contributed by atoms with Crippen molar-refractivity contribution in [3.63, 3.8) is 0 Å². The summed E-state index contributed by atoms with van der Waals surface area (Å²) in [6, 6.07) is 14.3. The number of likely N-dealkylation sites (N-methyl/N-ethyl adjacent to an activating group) is 1. The van der Waals surface area contributed by atoms with E-state index in [4.69, 9.17) is 14.2 Å². The molecule has 0 saturated carbocycles. The average Bonchev–Trinajstić information content (AvgIpc) is 2.84. The molecule has 0 aromatic heterocycles. The van der Waals surface area contributed by atoms with Gasteiger partial charge in [-0.15, -0.1) is 0 Å². The molecule has 0 unspecified atom stereocenters. The number of nitrogens with zero attached hydrogens (tertiary/aromatic N) is 3. The van der Waals surface area contributed by atoms with Crippen molar-refractivity contribution in [3.8, 4) is 6.07 Å². The van der Waals surface area contributed by atoms with Crippen LogP contribution in [0.4, 0.5) is 5.69 Å². The van der Waals surface area contributed by atoms with E-state index >= 15 is 0 Å². The highest BCUT2D eigenvalue weighted by atomic mass is 16.6. The number of piperazine rings is 1. The molecule has 0 amide bonds. The minimum absolute atomic E-state index is 0.0327. The Labute approximate surface area is 196 Å². The monoisotopic (exact) mass is 451 g/mol. The van der Waals surface area contributed by atoms with Gasteiger partial charge in [0.25, 0.3) is 0 Å². The third kappa shape index (κ3) is 7.57. The molecule has 1 saturated heterocycles. The number of benzene rings is 2. The molecule has 1 heterocycles. The predicted molar refractivity (Wildman–Crippen MR) is 130 cm³/mol. The fourth-order valence-corrected chi connectivity index (χ4v) is 3.64. The standard InChI is InChI=1S/C26H33N3O4/c1-3-12-31-13-14-32-15-16-33-26(30)24(20-27)18-21-4-5-23-19-25(7-6-22(23)17-21)29-10-8-28(2)9-11-29/h4-7,17-19H,3,8-16H2,1-2H3/b24-18+. The van der Waals surface area contributed by atoms with Crippen LogP contribution >= 0.6 is 0 Å². The van der Waals surface area contributed by atoms with Gasteiger partial charge in [-0.2, -0.15) is 5.26 Å². The lowest BCUT2D eigenvalue weighted by Gasteiger charge is -2.34. The number of carbonyl (C=O) groups excluding carboxylic acids is 1. The van der Waals surface area contributed by atoms with Gasteiger partial charge in [0.15, 0.2) is 0 Å². The number of hydrogen-bond acceptors (Lipinski definition) is 7. The topological polar surface area (TPSA) is 75.0 Å². The molecule has 1 aliphatic heterocycles. The van der Waals surface area contributed by atoms with Crippen molar-refractivity contribution in [2.75, 3.05) is 71.2 Å². The van der Waals surface area contributed by atoms with E-state index in [2.05, 4.69) is 35.0 Å². The number of anilines is 1. The Kier molecular flexibility index (Phi) is 9.70. The molecule has 0 atom stereocenters. The van der Waals surface area contributed by atoms with Crippen molar-refractivity contribution in [2.45, 2.75) is 13.3 Å². The molecule has 2 aromatic carbocycles. The molecule has 0 spiro atoms. The molecule has 0 N–H and O–H groups in total. The largest absolute Gasteiger partial charge is 0.459 e. The van der Waals surface area contributed by atoms with Crippen LogP contribution in [0.3, 0.4) is 0 Å². The maximum atomic E-state index is 12.3. The predicted octanol–water partition coefficient (Wildman–Crippen LogP) is 3.48. The molecular weight excluding hydrogens is 418 g/mol. The number of carbonyl (C=O) groups is 1. The van der Waals surface area contributed by atoms with E-state index in [0.29, 0.717) is 19.8 Å². The van der Waals surface area contributed by atoms with Crippen molar-refractivity contribution in [3.05, 3.63) is 47.5 Å². The molecule has 7 heteroatoms. The van der Waals surface area contributed by atoms with Crippen LogP contribution in [0.1, 0.15) is 18.9 Å². The van der Waals surface area contributed by atoms with Gasteiger partial charge in [-0.25, -0.2) is 4.79 Å². The maximum absolute atomic E-state index is 12.3. The van der Waals surface area contributed by atoms with Crippen molar-refractivity contribution in [2.24, 2.45) is 0 Å². The van der Waals surface area contributed by atoms with Gasteiger partial charge in [0, 0.05) is 38.5 Å². The Morgan fingerprint density at radius 3 is 2.36 bits per heavy atom. The van der Waals surface area contributed by atoms with Crippen molar-refractivity contribution < 1.29 is 19.0 Å². The van der Waals surface area contributed by atoms with Crippen molar-refractivity contribution in [1.82, 2.24) is 4.90 Å². The minimum atomic E-state index is -0.645. The summed E-state index contributed by atoms with van der Waals surface area (Å²) in [5.74, 6) is -0.645. The molecule has 0 bridgehead atoms. The number of nitriles is 1. The highest BCUT2D eigenvalue weighted by Crippen LogP contribution is 2.25. The average molecular weight is 452 g/mol. The summed E-state index contributed by atoms with van der Waals surface area (Å²) in [6.07, 6.45) is 2.53. The number of esters is 1. The zero-order chi connectivity index (χ0) is 23.5. The summed E-state index contributed by atoms with van der Waals surface area (Å²) < 4.78 is 15.8. The Morgan fingerprint density at radius 1 is 0.970 bits per heavy atom. The van der Waals surface area contributed by atoms with E-state index in [1.54, 1.807) is 6.08 Å². The van der Waals surface area contributed by atoms with Gasteiger partial charge in [-0.1, -0.05) is 25.1 Å². The number of hydrogen-bond donors (Lipinski definition) is 0. The van der Waals surface area contributed by atoms with E-state index in [1.807, 2.05) is 31.2 Å². The first kappa shape index (κ1) is 24.7. The van der Waals surface area contributed by atoms with Gasteiger partial charge in [0.2, 0.25) is 0 Å². The quantitative estimate of drug-likeness (QED) is 0.224. The number of ether oxygens (including phenoxy) is 3. The molecule has 33 heavy (non-hydrogen) atoms. The van der Waals surface area contributed by atoms with Crippen molar-refractivity contribution >= 4 is 28.5 Å². The Bertz CT molecular complexity index is 991. The van der Waals surface area contributed by atoms with Crippen LogP contribution in [0.5, 0.6) is 0 Å². The van der Waals surface area contributed by atoms with Gasteiger partial charge in [-0.05, 0) is 54.1 Å². The Morgan fingerprint density at radius 2 is 1.64 bits per heavy atom. The lowest BCUT2D eigenvalue weighted by molar-refractivity contribution is -0.140. The lowest BCUT2D eigenvalue weighted by atomic mass is 10.0. The minimum Gasteiger partial charge on any atom is -0.459 e. The first-order chi connectivity index (χ1) is 16.1. The molecular formula is C26H33N3O4. The van der Waals surface area contributed by atoms with Crippen LogP contribution in [0.2, 0.25) is 0 Å². The SMILES string of the molecule is CCCOCCOCCOC(=O)/C(C#N)=C/c1ccc2cc(N3CCN(C)CC3)ccc2c1. The fraction of sp³-hybridized carbons (Fsp3) is 0.462. The van der Waals surface area contributed by atoms with Gasteiger partial charge in [0.05, 0.1) is 19.8 Å². The van der Waals surface area contributed by atoms with Crippen LogP contribution in [0.25, 0.3) is 16.8 Å². The first-order valence-corrected chi connectivity index (χ1v) is 11.5. The van der Waals surface area contributed by atoms with Gasteiger partial charge in [0.1, 0.15) is 18.2 Å². The Hall–Kier alpha value is -2.92. The van der Waals surface area contributed by atoms with Gasteiger partial charge >= 0.3 is 5.97 Å². The summed E-state index contributed by atoms with van der Waals surface area (Å²) in [7, 11) is 2.15. The summed E-state index contributed by atoms with van der Waals surface area (Å²) in [4.78, 5) is 17.0. The fourth-order valence-electron chi connectivity index (χ4n) is 3.64. The molecule has 2 aromatic rings. The van der Waals surface area contributed by atoms with E-state index in [1.165, 1.54) is 5.69 Å². The maximum Gasteiger partial charge on any atom is 0.348 e. The Balaban J connectivity index is 1.55. The zero-order valence-corrected chi connectivity index (χ0v) is 19.6. The van der Waals surface area contributed by atoms with Gasteiger partial charge < -0.3 is 24.0 Å². The molecule has 1 fully saturated rings. The molecule has 7 nitrogen and oxygen atoms in total. The van der Waals surface area contributed by atoms with E-state index in [-0.39, 0.29) is 18.8 Å². The molecule has 1 aliphatic rings. The molecule has 176 valence electrons. The van der Waals surface area contributed by atoms with Gasteiger partial charge in [-0.3, -0.25) is 0 Å². The van der Waals surface area contributed by atoms with E-state index in [0.717, 1.165) is 48.9 Å². The van der Waals surface area contributed by atoms with Crippen molar-refractivity contribution in [1.29, 1.82) is 5.26 Å². The zero-order valence-electron chi connectivity index (χ0n) is 19.6. The summed E-state index contributed by atoms with van der Waals surface area (Å²) in [5, 5.41) is 11.6. The smallest absolute Gasteiger partial charge is 0.348 e. The third-order valence-corrected chi connectivity index (χ3v) is 5.55. The highest BCUT2D eigenvalue weighted by molar-refractivity contribution is 5.98. The molecule has 3 rings (SSSR count). The highest BCUT2D eigenvalue weighted by Gasteiger charge is 2.15. The number of fused-ring (bicyclic) bond motifs is 1. The first-order valence-electron chi connectivity index (χ1n) is 11.5. The summed E-state index contributed by atoms with van der Waals surface area (Å²) >= 11 is 0. The van der Waals surface area contributed by atoms with Crippen LogP contribution < -0.4 is 4.90 Å². The van der Waals surface area contributed by atoms with Crippen LogP contribution in [-0.4, -0.2) is 77.1 Å². The van der Waals surface area contributed by atoms with E-state index in [9.17, 15) is 10.1 Å². The third-order valence-electron chi connectivity index (χ3n) is 5.55. The molecule has 0 radical (unpaired) electrons.